The van der Waals surface area contributed by atoms with E-state index in [1.807, 2.05) is 0 Å². The predicted octanol–water partition coefficient (Wildman–Crippen LogP) is 1.78. The highest BCUT2D eigenvalue weighted by Gasteiger charge is 2.09. The van der Waals surface area contributed by atoms with Gasteiger partial charge in [-0.1, -0.05) is 24.3 Å². The molecule has 0 unspecified atom stereocenters. The van der Waals surface area contributed by atoms with Crippen LogP contribution in [0, 0.1) is 0 Å². The highest BCUT2D eigenvalue weighted by Crippen LogP contribution is 2.09. The smallest absolute Gasteiger partial charge is 0.333 e. The number of H-pyrrole nitrogens is 1. The molecule has 1 heterocycles. The van der Waals surface area contributed by atoms with Crippen LogP contribution < -0.4 is 11.2 Å². The summed E-state index contributed by atoms with van der Waals surface area (Å²) in [7, 11) is 0. The number of carbonyl (C=O) groups is 1. The Bertz CT molecular complexity index is 1000. The molecule has 0 fully saturated rings. The summed E-state index contributed by atoms with van der Waals surface area (Å²) in [4.78, 5) is 38.3. The number of nitrogens with one attached hydrogen (secondary N) is 1. The summed E-state index contributed by atoms with van der Waals surface area (Å²) in [5.41, 5.74) is 1.11. The quantitative estimate of drug-likeness (QED) is 0.742. The molecule has 3 aromatic rings. The Morgan fingerprint density at radius 1 is 1.08 bits per heavy atom. The Hall–Kier alpha value is -3.15. The summed E-state index contributed by atoms with van der Waals surface area (Å²) in [5, 5.41) is 0.455. The van der Waals surface area contributed by atoms with Crippen molar-refractivity contribution >= 4 is 16.9 Å². The fourth-order valence-electron chi connectivity index (χ4n) is 2.52. The molecule has 6 heteroatoms. The van der Waals surface area contributed by atoms with Crippen molar-refractivity contribution < 1.29 is 9.53 Å². The van der Waals surface area contributed by atoms with Crippen molar-refractivity contribution in [3.63, 3.8) is 0 Å². The fraction of sp³-hybridized carbons (Fsp3) is 0.167. The zero-order valence-corrected chi connectivity index (χ0v) is 13.1. The second kappa shape index (κ2) is 6.54. The molecule has 1 aromatic heterocycles. The molecule has 2 aromatic carbocycles. The van der Waals surface area contributed by atoms with Crippen molar-refractivity contribution in [2.24, 2.45) is 0 Å². The minimum atomic E-state index is -0.480. The highest BCUT2D eigenvalue weighted by atomic mass is 16.5. The zero-order chi connectivity index (χ0) is 17.1. The summed E-state index contributed by atoms with van der Waals surface area (Å²) in [5.74, 6) is -0.319. The number of para-hydroxylation sites is 1. The molecule has 0 aliphatic carbocycles. The van der Waals surface area contributed by atoms with Crippen LogP contribution in [0.25, 0.3) is 16.6 Å². The van der Waals surface area contributed by atoms with Gasteiger partial charge in [0.15, 0.2) is 0 Å². The summed E-state index contributed by atoms with van der Waals surface area (Å²) < 4.78 is 6.01. The Labute approximate surface area is 137 Å². The van der Waals surface area contributed by atoms with Crippen molar-refractivity contribution in [2.75, 3.05) is 6.61 Å². The van der Waals surface area contributed by atoms with Gasteiger partial charge in [-0.25, -0.2) is 9.36 Å². The van der Waals surface area contributed by atoms with Gasteiger partial charge in [-0.3, -0.25) is 9.59 Å². The third-order valence-corrected chi connectivity index (χ3v) is 3.70. The number of ether oxygens (including phenoxy) is 1. The van der Waals surface area contributed by atoms with Gasteiger partial charge in [0.2, 0.25) is 0 Å². The first-order chi connectivity index (χ1) is 11.6. The Morgan fingerprint density at radius 3 is 2.50 bits per heavy atom. The molecule has 122 valence electrons. The van der Waals surface area contributed by atoms with E-state index >= 15 is 0 Å². The molecule has 0 amide bonds. The lowest BCUT2D eigenvalue weighted by molar-refractivity contribution is -0.140. The van der Waals surface area contributed by atoms with Crippen LogP contribution in [0.5, 0.6) is 0 Å². The van der Waals surface area contributed by atoms with Crippen molar-refractivity contribution in [1.82, 2.24) is 9.55 Å². The third kappa shape index (κ3) is 3.12. The van der Waals surface area contributed by atoms with E-state index in [-0.39, 0.29) is 11.5 Å². The highest BCUT2D eigenvalue weighted by molar-refractivity contribution is 5.77. The van der Waals surface area contributed by atoms with E-state index in [0.29, 0.717) is 29.6 Å². The number of aromatic amines is 1. The maximum absolute atomic E-state index is 12.6. The molecule has 0 saturated heterocycles. The van der Waals surface area contributed by atoms with Gasteiger partial charge in [0, 0.05) is 13.3 Å². The van der Waals surface area contributed by atoms with Crippen molar-refractivity contribution in [3.05, 3.63) is 74.9 Å². The zero-order valence-electron chi connectivity index (χ0n) is 13.1. The molecule has 3 rings (SSSR count). The molecular weight excluding hydrogens is 308 g/mol. The van der Waals surface area contributed by atoms with Gasteiger partial charge >= 0.3 is 11.7 Å². The van der Waals surface area contributed by atoms with E-state index in [2.05, 4.69) is 4.98 Å². The maximum atomic E-state index is 12.6. The number of carbonyl (C=O) groups excluding carboxylic acids is 1. The number of fused-ring (bicyclic) bond motifs is 1. The van der Waals surface area contributed by atoms with E-state index in [4.69, 9.17) is 4.74 Å². The maximum Gasteiger partial charge on any atom is 0.333 e. The second-order valence-corrected chi connectivity index (χ2v) is 5.37. The minimum Gasteiger partial charge on any atom is -0.466 e. The monoisotopic (exact) mass is 324 g/mol. The fourth-order valence-corrected chi connectivity index (χ4v) is 2.52. The normalized spacial score (nSPS) is 10.7. The minimum absolute atomic E-state index is 0.297. The molecule has 24 heavy (non-hydrogen) atoms. The van der Waals surface area contributed by atoms with E-state index in [1.165, 1.54) is 6.92 Å². The average molecular weight is 324 g/mol. The number of rotatable bonds is 4. The molecule has 0 saturated carbocycles. The number of esters is 1. The third-order valence-electron chi connectivity index (χ3n) is 3.70. The van der Waals surface area contributed by atoms with Gasteiger partial charge in [-0.05, 0) is 29.8 Å². The molecule has 1 N–H and O–H groups in total. The largest absolute Gasteiger partial charge is 0.466 e. The molecule has 0 aliphatic rings. The SMILES string of the molecule is CC(=O)OCCc1ccc(-n2c(=O)[nH]c3ccccc3c2=O)cc1. The standard InChI is InChI=1S/C18H16N2O4/c1-12(21)24-11-10-13-6-8-14(9-7-13)20-17(22)15-4-2-3-5-16(15)19-18(20)23/h2-9H,10-11H2,1H3,(H,19,23). The van der Waals surface area contributed by atoms with Crippen LogP contribution in [0.15, 0.2) is 58.1 Å². The lowest BCUT2D eigenvalue weighted by atomic mass is 10.1. The van der Waals surface area contributed by atoms with Gasteiger partial charge in [0.1, 0.15) is 0 Å². The van der Waals surface area contributed by atoms with Crippen LogP contribution in [-0.2, 0) is 16.0 Å². The number of nitrogens with zero attached hydrogens (tertiary/aromatic N) is 1. The molecule has 0 atom stereocenters. The van der Waals surface area contributed by atoms with Gasteiger partial charge in [-0.15, -0.1) is 0 Å². The number of aromatic nitrogens is 2. The first-order valence-electron chi connectivity index (χ1n) is 7.53. The van der Waals surface area contributed by atoms with Crippen molar-refractivity contribution in [1.29, 1.82) is 0 Å². The average Bonchev–Trinajstić information content (AvgIpc) is 2.56. The molecule has 6 nitrogen and oxygen atoms in total. The first kappa shape index (κ1) is 15.7. The van der Waals surface area contributed by atoms with Crippen molar-refractivity contribution in [3.8, 4) is 5.69 Å². The topological polar surface area (TPSA) is 81.2 Å². The molecule has 0 radical (unpaired) electrons. The van der Waals surface area contributed by atoms with Crippen LogP contribution in [0.1, 0.15) is 12.5 Å². The van der Waals surface area contributed by atoms with E-state index in [0.717, 1.165) is 10.1 Å². The van der Waals surface area contributed by atoms with Gasteiger partial charge < -0.3 is 9.72 Å². The molecular formula is C18H16N2O4. The molecule has 0 spiro atoms. The number of benzene rings is 2. The van der Waals surface area contributed by atoms with E-state index in [1.54, 1.807) is 48.5 Å². The van der Waals surface area contributed by atoms with Crippen LogP contribution >= 0.6 is 0 Å². The van der Waals surface area contributed by atoms with Crippen LogP contribution in [0.4, 0.5) is 0 Å². The predicted molar refractivity (Wildman–Crippen MR) is 90.5 cm³/mol. The Balaban J connectivity index is 1.95. The van der Waals surface area contributed by atoms with Crippen LogP contribution in [0.2, 0.25) is 0 Å². The van der Waals surface area contributed by atoms with Crippen LogP contribution in [0.3, 0.4) is 0 Å². The molecule has 0 bridgehead atoms. The van der Waals surface area contributed by atoms with Gasteiger partial charge in [0.05, 0.1) is 23.2 Å². The van der Waals surface area contributed by atoms with Gasteiger partial charge in [0.25, 0.3) is 5.56 Å². The number of hydrogen-bond acceptors (Lipinski definition) is 4. The van der Waals surface area contributed by atoms with Gasteiger partial charge in [-0.2, -0.15) is 0 Å². The Morgan fingerprint density at radius 2 is 1.79 bits per heavy atom. The first-order valence-corrected chi connectivity index (χ1v) is 7.53. The second-order valence-electron chi connectivity index (χ2n) is 5.37. The van der Waals surface area contributed by atoms with E-state index < -0.39 is 5.69 Å². The molecule has 0 aliphatic heterocycles. The Kier molecular flexibility index (Phi) is 4.29. The summed E-state index contributed by atoms with van der Waals surface area (Å²) >= 11 is 0. The van der Waals surface area contributed by atoms with E-state index in [9.17, 15) is 14.4 Å². The lowest BCUT2D eigenvalue weighted by Gasteiger charge is -2.08. The van der Waals surface area contributed by atoms with Crippen molar-refractivity contribution in [2.45, 2.75) is 13.3 Å². The number of hydrogen-bond donors (Lipinski definition) is 1. The summed E-state index contributed by atoms with van der Waals surface area (Å²) in [6.45, 7) is 1.66. The summed E-state index contributed by atoms with van der Waals surface area (Å²) in [6, 6.07) is 13.9. The summed E-state index contributed by atoms with van der Waals surface area (Å²) in [6.07, 6.45) is 0.572. The van der Waals surface area contributed by atoms with Crippen LogP contribution in [-0.4, -0.2) is 22.1 Å². The lowest BCUT2D eigenvalue weighted by Crippen LogP contribution is -2.33.